The standard InChI is InChI=1S/C19H23N3O2/c1-14-11-17(23)12-18(21-14)19(24)22(16-8-3-2-4-9-16)13-15-7-5-6-10-20-15/h5-7,10-12,16H,2-4,8-9,13H2,1H3,(H,21,23). The lowest BCUT2D eigenvalue weighted by atomic mass is 9.93. The lowest BCUT2D eigenvalue weighted by molar-refractivity contribution is 0.0604. The fourth-order valence-corrected chi connectivity index (χ4v) is 3.38. The molecule has 1 aliphatic rings. The molecule has 0 aliphatic heterocycles. The highest BCUT2D eigenvalue weighted by atomic mass is 16.2. The van der Waals surface area contributed by atoms with Crippen molar-refractivity contribution >= 4 is 5.91 Å². The van der Waals surface area contributed by atoms with Gasteiger partial charge in [-0.1, -0.05) is 25.3 Å². The van der Waals surface area contributed by atoms with Crippen molar-refractivity contribution in [3.05, 3.63) is 63.8 Å². The van der Waals surface area contributed by atoms with E-state index < -0.39 is 0 Å². The normalized spacial score (nSPS) is 15.2. The van der Waals surface area contributed by atoms with Gasteiger partial charge in [0.2, 0.25) is 0 Å². The first kappa shape index (κ1) is 16.4. The fraction of sp³-hybridized carbons (Fsp3) is 0.421. The van der Waals surface area contributed by atoms with Gasteiger partial charge in [-0.15, -0.1) is 0 Å². The number of pyridine rings is 2. The van der Waals surface area contributed by atoms with Crippen LogP contribution in [-0.2, 0) is 6.54 Å². The highest BCUT2D eigenvalue weighted by molar-refractivity contribution is 5.92. The zero-order chi connectivity index (χ0) is 16.9. The molecule has 0 aromatic carbocycles. The maximum absolute atomic E-state index is 13.1. The third kappa shape index (κ3) is 3.91. The largest absolute Gasteiger partial charge is 0.354 e. The Hall–Kier alpha value is -2.43. The molecule has 3 rings (SSSR count). The molecule has 0 atom stereocenters. The van der Waals surface area contributed by atoms with E-state index >= 15 is 0 Å². The SMILES string of the molecule is Cc1cc(=O)cc(C(=O)N(Cc2ccccn2)C2CCCCC2)[nH]1. The Bertz CT molecular complexity index is 749. The Morgan fingerprint density at radius 1 is 1.25 bits per heavy atom. The second-order valence-electron chi connectivity index (χ2n) is 6.46. The van der Waals surface area contributed by atoms with Crippen LogP contribution < -0.4 is 5.43 Å². The summed E-state index contributed by atoms with van der Waals surface area (Å²) in [5, 5.41) is 0. The average Bonchev–Trinajstić information content (AvgIpc) is 2.60. The van der Waals surface area contributed by atoms with Gasteiger partial charge >= 0.3 is 0 Å². The molecule has 1 N–H and O–H groups in total. The molecule has 2 heterocycles. The summed E-state index contributed by atoms with van der Waals surface area (Å²) in [6, 6.07) is 8.83. The summed E-state index contributed by atoms with van der Waals surface area (Å²) in [6.07, 6.45) is 7.27. The number of hydrogen-bond acceptors (Lipinski definition) is 3. The first-order chi connectivity index (χ1) is 11.6. The second kappa shape index (κ2) is 7.43. The van der Waals surface area contributed by atoms with Crippen LogP contribution >= 0.6 is 0 Å². The van der Waals surface area contributed by atoms with Gasteiger partial charge in [-0.05, 0) is 31.9 Å². The Morgan fingerprint density at radius 3 is 2.71 bits per heavy atom. The van der Waals surface area contributed by atoms with E-state index in [4.69, 9.17) is 0 Å². The van der Waals surface area contributed by atoms with Crippen molar-refractivity contribution in [1.82, 2.24) is 14.9 Å². The van der Waals surface area contributed by atoms with Crippen molar-refractivity contribution in [2.45, 2.75) is 51.6 Å². The number of H-pyrrole nitrogens is 1. The zero-order valence-corrected chi connectivity index (χ0v) is 14.0. The number of hydrogen-bond donors (Lipinski definition) is 1. The lowest BCUT2D eigenvalue weighted by Gasteiger charge is -2.34. The van der Waals surface area contributed by atoms with Gasteiger partial charge in [0.25, 0.3) is 5.91 Å². The van der Waals surface area contributed by atoms with E-state index in [1.54, 1.807) is 13.1 Å². The minimum atomic E-state index is -0.143. The number of aromatic amines is 1. The summed E-state index contributed by atoms with van der Waals surface area (Å²) in [7, 11) is 0. The third-order valence-electron chi connectivity index (χ3n) is 4.54. The molecule has 1 fully saturated rings. The fourth-order valence-electron chi connectivity index (χ4n) is 3.38. The van der Waals surface area contributed by atoms with Crippen LogP contribution in [0.3, 0.4) is 0 Å². The second-order valence-corrected chi connectivity index (χ2v) is 6.46. The van der Waals surface area contributed by atoms with Crippen LogP contribution in [-0.4, -0.2) is 26.8 Å². The molecule has 0 saturated heterocycles. The van der Waals surface area contributed by atoms with E-state index in [1.807, 2.05) is 23.1 Å². The van der Waals surface area contributed by atoms with E-state index in [0.29, 0.717) is 17.9 Å². The van der Waals surface area contributed by atoms with Crippen molar-refractivity contribution in [2.24, 2.45) is 0 Å². The molecule has 5 nitrogen and oxygen atoms in total. The van der Waals surface area contributed by atoms with Gasteiger partial charge in [-0.3, -0.25) is 14.6 Å². The van der Waals surface area contributed by atoms with E-state index in [9.17, 15) is 9.59 Å². The van der Waals surface area contributed by atoms with Crippen molar-refractivity contribution in [2.75, 3.05) is 0 Å². The third-order valence-corrected chi connectivity index (χ3v) is 4.54. The minimum absolute atomic E-state index is 0.117. The minimum Gasteiger partial charge on any atom is -0.354 e. The van der Waals surface area contributed by atoms with Crippen molar-refractivity contribution < 1.29 is 4.79 Å². The molecule has 0 unspecified atom stereocenters. The molecular weight excluding hydrogens is 302 g/mol. The number of rotatable bonds is 4. The Morgan fingerprint density at radius 2 is 2.04 bits per heavy atom. The number of nitrogens with one attached hydrogen (secondary N) is 1. The number of amides is 1. The van der Waals surface area contributed by atoms with Crippen molar-refractivity contribution in [3.8, 4) is 0 Å². The van der Waals surface area contributed by atoms with Crippen LogP contribution in [0.15, 0.2) is 41.3 Å². The van der Waals surface area contributed by atoms with Crippen molar-refractivity contribution in [1.29, 1.82) is 0 Å². The summed E-state index contributed by atoms with van der Waals surface area (Å²) in [5.74, 6) is -0.117. The van der Waals surface area contributed by atoms with Gasteiger partial charge in [0.05, 0.1) is 12.2 Å². The molecule has 2 aromatic rings. The van der Waals surface area contributed by atoms with Crippen LogP contribution in [0.5, 0.6) is 0 Å². The molecule has 1 amide bonds. The zero-order valence-electron chi connectivity index (χ0n) is 14.0. The molecule has 126 valence electrons. The Kier molecular flexibility index (Phi) is 5.08. The van der Waals surface area contributed by atoms with Gasteiger partial charge in [0.1, 0.15) is 5.69 Å². The van der Waals surface area contributed by atoms with E-state index in [0.717, 1.165) is 31.4 Å². The number of carbonyl (C=O) groups excluding carboxylic acids is 1. The highest BCUT2D eigenvalue weighted by Gasteiger charge is 2.27. The lowest BCUT2D eigenvalue weighted by Crippen LogP contribution is -2.41. The van der Waals surface area contributed by atoms with Crippen LogP contribution in [0.25, 0.3) is 0 Å². The van der Waals surface area contributed by atoms with Crippen molar-refractivity contribution in [3.63, 3.8) is 0 Å². The number of aryl methyl sites for hydroxylation is 1. The maximum Gasteiger partial charge on any atom is 0.271 e. The van der Waals surface area contributed by atoms with E-state index in [1.165, 1.54) is 18.6 Å². The number of aromatic nitrogens is 2. The van der Waals surface area contributed by atoms with Crippen LogP contribution in [0.2, 0.25) is 0 Å². The van der Waals surface area contributed by atoms with Gasteiger partial charge in [0.15, 0.2) is 5.43 Å². The van der Waals surface area contributed by atoms with Crippen LogP contribution in [0.4, 0.5) is 0 Å². The molecule has 1 aliphatic carbocycles. The van der Waals surface area contributed by atoms with Gasteiger partial charge < -0.3 is 9.88 Å². The predicted molar refractivity (Wildman–Crippen MR) is 92.8 cm³/mol. The Balaban J connectivity index is 1.90. The molecule has 0 bridgehead atoms. The average molecular weight is 325 g/mol. The van der Waals surface area contributed by atoms with Crippen LogP contribution in [0, 0.1) is 6.92 Å². The summed E-state index contributed by atoms with van der Waals surface area (Å²) >= 11 is 0. The van der Waals surface area contributed by atoms with Gasteiger partial charge in [-0.2, -0.15) is 0 Å². The molecule has 0 spiro atoms. The quantitative estimate of drug-likeness (QED) is 0.939. The molecule has 0 radical (unpaired) electrons. The van der Waals surface area contributed by atoms with E-state index in [-0.39, 0.29) is 17.4 Å². The number of nitrogens with zero attached hydrogens (tertiary/aromatic N) is 2. The first-order valence-corrected chi connectivity index (χ1v) is 8.55. The van der Waals surface area contributed by atoms with Gasteiger partial charge in [0, 0.05) is 30.1 Å². The Labute approximate surface area is 141 Å². The summed E-state index contributed by atoms with van der Waals surface area (Å²) in [5.41, 5.74) is 1.79. The molecule has 1 saturated carbocycles. The molecular formula is C19H23N3O2. The molecule has 2 aromatic heterocycles. The predicted octanol–water partition coefficient (Wildman–Crippen LogP) is 3.05. The first-order valence-electron chi connectivity index (χ1n) is 8.55. The number of carbonyl (C=O) groups is 1. The molecule has 5 heteroatoms. The summed E-state index contributed by atoms with van der Waals surface area (Å²) in [4.78, 5) is 34.1. The van der Waals surface area contributed by atoms with E-state index in [2.05, 4.69) is 9.97 Å². The maximum atomic E-state index is 13.1. The monoisotopic (exact) mass is 325 g/mol. The smallest absolute Gasteiger partial charge is 0.271 e. The topological polar surface area (TPSA) is 66.1 Å². The van der Waals surface area contributed by atoms with Crippen LogP contribution in [0.1, 0.15) is 54.0 Å². The van der Waals surface area contributed by atoms with Gasteiger partial charge in [-0.25, -0.2) is 0 Å². The summed E-state index contributed by atoms with van der Waals surface area (Å²) in [6.45, 7) is 2.27. The summed E-state index contributed by atoms with van der Waals surface area (Å²) < 4.78 is 0. The molecule has 24 heavy (non-hydrogen) atoms. The highest BCUT2D eigenvalue weighted by Crippen LogP contribution is 2.25.